The van der Waals surface area contributed by atoms with E-state index >= 15 is 0 Å². The van der Waals surface area contributed by atoms with Crippen molar-refractivity contribution in [2.24, 2.45) is 5.92 Å². The number of carbonyl (C=O) groups is 1. The number of amides is 1. The van der Waals surface area contributed by atoms with Crippen molar-refractivity contribution < 1.29 is 4.79 Å². The van der Waals surface area contributed by atoms with Gasteiger partial charge >= 0.3 is 0 Å². The van der Waals surface area contributed by atoms with Crippen LogP contribution in [0.25, 0.3) is 54.9 Å². The fourth-order valence-electron chi connectivity index (χ4n) is 4.30. The van der Waals surface area contributed by atoms with E-state index in [-0.39, 0.29) is 11.8 Å². The van der Waals surface area contributed by atoms with E-state index in [2.05, 4.69) is 79.9 Å². The van der Waals surface area contributed by atoms with Crippen molar-refractivity contribution in [2.75, 3.05) is 5.32 Å². The van der Waals surface area contributed by atoms with Gasteiger partial charge in [-0.1, -0.05) is 26.0 Å². The van der Waals surface area contributed by atoms with E-state index in [1.807, 2.05) is 19.9 Å². The number of nitrogens with zero attached hydrogens (tertiary/aromatic N) is 3. The van der Waals surface area contributed by atoms with Crippen LogP contribution in [0.5, 0.6) is 0 Å². The second-order valence-electron chi connectivity index (χ2n) is 9.16. The first-order valence-corrected chi connectivity index (χ1v) is 12.6. The summed E-state index contributed by atoms with van der Waals surface area (Å²) in [6.45, 7) is 5.85. The molecule has 0 aliphatic rings. The summed E-state index contributed by atoms with van der Waals surface area (Å²) in [5.41, 5.74) is 7.12. The summed E-state index contributed by atoms with van der Waals surface area (Å²) in [6.07, 6.45) is 5.21. The highest BCUT2D eigenvalue weighted by molar-refractivity contribution is 7.15. The zero-order chi connectivity index (χ0) is 24.8. The normalized spacial score (nSPS) is 11.6. The van der Waals surface area contributed by atoms with E-state index in [0.29, 0.717) is 11.3 Å². The number of aryl methyl sites for hydroxylation is 1. The number of rotatable bonds is 5. The molecule has 6 aromatic rings. The minimum Gasteiger partial charge on any atom is -0.353 e. The number of aromatic nitrogens is 5. The van der Waals surface area contributed by atoms with Crippen LogP contribution in [0.3, 0.4) is 0 Å². The molecule has 1 amide bonds. The van der Waals surface area contributed by atoms with Crippen molar-refractivity contribution in [3.63, 3.8) is 0 Å². The summed E-state index contributed by atoms with van der Waals surface area (Å²) in [6, 6.07) is 16.8. The van der Waals surface area contributed by atoms with Gasteiger partial charge in [-0.05, 0) is 43.3 Å². The molecular formula is C28H24N6OS. The van der Waals surface area contributed by atoms with Crippen LogP contribution in [0.4, 0.5) is 5.69 Å². The largest absolute Gasteiger partial charge is 0.353 e. The van der Waals surface area contributed by atoms with Crippen LogP contribution in [-0.2, 0) is 4.79 Å². The molecule has 6 rings (SSSR count). The summed E-state index contributed by atoms with van der Waals surface area (Å²) >= 11 is 1.79. The number of benzene rings is 1. The molecule has 7 nitrogen and oxygen atoms in total. The SMILES string of the molecule is Cc1ccc(-c2cccc3[nH]c(-c4n[nH]c5ncc(-c6cncc(NC(=O)C(C)C)c6)cc45)cc23)s1. The molecule has 0 aliphatic heterocycles. The van der Waals surface area contributed by atoms with E-state index in [0.717, 1.165) is 38.8 Å². The highest BCUT2D eigenvalue weighted by atomic mass is 32.1. The van der Waals surface area contributed by atoms with Crippen LogP contribution < -0.4 is 5.32 Å². The summed E-state index contributed by atoms with van der Waals surface area (Å²) in [5, 5.41) is 12.6. The molecule has 1 aromatic carbocycles. The smallest absolute Gasteiger partial charge is 0.226 e. The summed E-state index contributed by atoms with van der Waals surface area (Å²) < 4.78 is 0. The van der Waals surface area contributed by atoms with Crippen molar-refractivity contribution in [3.8, 4) is 33.0 Å². The number of aromatic amines is 2. The van der Waals surface area contributed by atoms with E-state index in [9.17, 15) is 4.79 Å². The molecule has 0 unspecified atom stereocenters. The summed E-state index contributed by atoms with van der Waals surface area (Å²) in [7, 11) is 0. The van der Waals surface area contributed by atoms with Gasteiger partial charge in [0.25, 0.3) is 0 Å². The van der Waals surface area contributed by atoms with Crippen molar-refractivity contribution in [1.82, 2.24) is 25.1 Å². The first kappa shape index (κ1) is 22.2. The van der Waals surface area contributed by atoms with Crippen LogP contribution in [0.2, 0.25) is 0 Å². The molecule has 0 spiro atoms. The lowest BCUT2D eigenvalue weighted by atomic mass is 10.1. The first-order chi connectivity index (χ1) is 17.5. The fraction of sp³-hybridized carbons (Fsp3) is 0.143. The minimum atomic E-state index is -0.110. The molecule has 0 saturated heterocycles. The Kier molecular flexibility index (Phi) is 5.38. The maximum absolute atomic E-state index is 12.1. The van der Waals surface area contributed by atoms with Crippen LogP contribution in [0, 0.1) is 12.8 Å². The van der Waals surface area contributed by atoms with Crippen molar-refractivity contribution in [2.45, 2.75) is 20.8 Å². The predicted octanol–water partition coefficient (Wildman–Crippen LogP) is 6.80. The van der Waals surface area contributed by atoms with Crippen molar-refractivity contribution in [1.29, 1.82) is 0 Å². The third-order valence-corrected chi connectivity index (χ3v) is 7.24. The number of hydrogen-bond acceptors (Lipinski definition) is 5. The fourth-order valence-corrected chi connectivity index (χ4v) is 5.20. The molecule has 0 atom stereocenters. The molecule has 0 fully saturated rings. The van der Waals surface area contributed by atoms with Crippen LogP contribution >= 0.6 is 11.3 Å². The molecule has 0 radical (unpaired) electrons. The van der Waals surface area contributed by atoms with E-state index < -0.39 is 0 Å². The lowest BCUT2D eigenvalue weighted by Crippen LogP contribution is -2.17. The Morgan fingerprint density at radius 1 is 1.00 bits per heavy atom. The Hall–Kier alpha value is -4.30. The van der Waals surface area contributed by atoms with Gasteiger partial charge in [-0.2, -0.15) is 5.10 Å². The van der Waals surface area contributed by atoms with Crippen LogP contribution in [0.15, 0.2) is 67.1 Å². The Balaban J connectivity index is 1.41. The maximum atomic E-state index is 12.1. The van der Waals surface area contributed by atoms with Gasteiger partial charge in [-0.3, -0.25) is 14.9 Å². The third-order valence-electron chi connectivity index (χ3n) is 6.20. The Morgan fingerprint density at radius 3 is 2.67 bits per heavy atom. The topological polar surface area (TPSA) is 99.3 Å². The van der Waals surface area contributed by atoms with Crippen molar-refractivity contribution in [3.05, 3.63) is 72.0 Å². The Bertz CT molecular complexity index is 1740. The maximum Gasteiger partial charge on any atom is 0.226 e. The van der Waals surface area contributed by atoms with E-state index in [1.165, 1.54) is 15.3 Å². The number of anilines is 1. The minimum absolute atomic E-state index is 0.0458. The highest BCUT2D eigenvalue weighted by Gasteiger charge is 2.16. The van der Waals surface area contributed by atoms with Crippen LogP contribution in [0.1, 0.15) is 18.7 Å². The van der Waals surface area contributed by atoms with E-state index in [1.54, 1.807) is 29.9 Å². The lowest BCUT2D eigenvalue weighted by Gasteiger charge is -2.09. The molecule has 178 valence electrons. The molecule has 0 saturated carbocycles. The molecule has 5 heterocycles. The molecule has 8 heteroatoms. The molecule has 0 aliphatic carbocycles. The highest BCUT2D eigenvalue weighted by Crippen LogP contribution is 2.37. The molecule has 5 aromatic heterocycles. The number of thiophene rings is 1. The molecule has 3 N–H and O–H groups in total. The number of nitrogens with one attached hydrogen (secondary N) is 3. The zero-order valence-electron chi connectivity index (χ0n) is 20.1. The van der Waals surface area contributed by atoms with Gasteiger partial charge in [0.05, 0.1) is 17.6 Å². The van der Waals surface area contributed by atoms with Gasteiger partial charge in [0.1, 0.15) is 5.69 Å². The Labute approximate surface area is 211 Å². The number of hydrogen-bond donors (Lipinski definition) is 3. The quantitative estimate of drug-likeness (QED) is 0.246. The zero-order valence-corrected chi connectivity index (χ0v) is 20.9. The summed E-state index contributed by atoms with van der Waals surface area (Å²) in [4.78, 5) is 27.1. The number of H-pyrrole nitrogens is 2. The van der Waals surface area contributed by atoms with Crippen molar-refractivity contribution >= 4 is 44.9 Å². The third kappa shape index (κ3) is 3.95. The van der Waals surface area contributed by atoms with Gasteiger partial charge in [0.2, 0.25) is 5.91 Å². The average molecular weight is 493 g/mol. The Morgan fingerprint density at radius 2 is 1.86 bits per heavy atom. The average Bonchev–Trinajstić information content (AvgIpc) is 3.61. The van der Waals surface area contributed by atoms with E-state index in [4.69, 9.17) is 0 Å². The number of carbonyl (C=O) groups excluding carboxylic acids is 1. The number of pyridine rings is 2. The number of fused-ring (bicyclic) bond motifs is 2. The molecular weight excluding hydrogens is 468 g/mol. The van der Waals surface area contributed by atoms with Gasteiger partial charge in [-0.25, -0.2) is 4.98 Å². The van der Waals surface area contributed by atoms with Gasteiger partial charge in [0.15, 0.2) is 5.65 Å². The second-order valence-corrected chi connectivity index (χ2v) is 10.4. The van der Waals surface area contributed by atoms with Gasteiger partial charge in [-0.15, -0.1) is 11.3 Å². The molecule has 36 heavy (non-hydrogen) atoms. The lowest BCUT2D eigenvalue weighted by molar-refractivity contribution is -0.118. The predicted molar refractivity (Wildman–Crippen MR) is 146 cm³/mol. The van der Waals surface area contributed by atoms with Gasteiger partial charge < -0.3 is 10.3 Å². The van der Waals surface area contributed by atoms with Gasteiger partial charge in [0, 0.05) is 61.0 Å². The first-order valence-electron chi connectivity index (χ1n) is 11.8. The monoisotopic (exact) mass is 492 g/mol. The summed E-state index contributed by atoms with van der Waals surface area (Å²) in [5.74, 6) is -0.156. The van der Waals surface area contributed by atoms with Crippen LogP contribution in [-0.4, -0.2) is 31.1 Å². The molecule has 0 bridgehead atoms. The second kappa shape index (κ2) is 8.73. The standard InChI is InChI=1S/C28H24N6OS/c1-15(2)28(35)31-19-9-17(12-29-14-19)18-10-22-26(33-34-27(22)30-13-18)24-11-21-20(5-4-6-23(21)32-24)25-8-7-16(3)36-25/h4-15,32H,1-3H3,(H,31,35)(H,30,33,34).